The molecule has 0 saturated heterocycles. The van der Waals surface area contributed by atoms with Gasteiger partial charge in [0.05, 0.1) is 12.1 Å². The Morgan fingerprint density at radius 3 is 2.07 bits per heavy atom. The number of nitrogens with two attached hydrogens (primary N) is 1. The van der Waals surface area contributed by atoms with Crippen molar-refractivity contribution in [3.63, 3.8) is 0 Å². The molecule has 13 heteroatoms. The number of rotatable bonds is 14. The summed E-state index contributed by atoms with van der Waals surface area (Å²) in [6.07, 6.45) is 0.0502. The number of carboxylic acids is 2. The van der Waals surface area contributed by atoms with Crippen LogP contribution in [0.15, 0.2) is 0 Å². The highest BCUT2D eigenvalue weighted by Crippen LogP contribution is 2.03. The standard InChI is InChI=1S/C16H28N4O8S/c1-8(21)13(20-14(26)9(17)5-6-29-2)16(28)19-10(3-4-11(22)23)15(27)18-7-12(24)25/h8-10,13,21H,3-7,17H2,1-2H3,(H,18,27)(H,19,28)(H,20,26)(H,22,23)(H,24,25). The molecule has 0 saturated carbocycles. The molecule has 0 aliphatic heterocycles. The Morgan fingerprint density at radius 1 is 0.966 bits per heavy atom. The average Bonchev–Trinajstić information content (AvgIpc) is 2.64. The Labute approximate surface area is 172 Å². The van der Waals surface area contributed by atoms with Crippen molar-refractivity contribution in [2.24, 2.45) is 5.73 Å². The topological polar surface area (TPSA) is 208 Å². The van der Waals surface area contributed by atoms with E-state index < -0.39 is 66.9 Å². The normalized spacial score (nSPS) is 14.8. The molecule has 166 valence electrons. The van der Waals surface area contributed by atoms with Gasteiger partial charge in [-0.3, -0.25) is 24.0 Å². The van der Waals surface area contributed by atoms with Crippen molar-refractivity contribution in [1.82, 2.24) is 16.0 Å². The summed E-state index contributed by atoms with van der Waals surface area (Å²) in [7, 11) is 0. The molecule has 3 amide bonds. The van der Waals surface area contributed by atoms with E-state index in [1.54, 1.807) is 0 Å². The summed E-state index contributed by atoms with van der Waals surface area (Å²) in [5.41, 5.74) is 5.73. The monoisotopic (exact) mass is 436 g/mol. The maximum atomic E-state index is 12.5. The first-order valence-electron chi connectivity index (χ1n) is 8.74. The minimum absolute atomic E-state index is 0.319. The van der Waals surface area contributed by atoms with Gasteiger partial charge in [0.2, 0.25) is 17.7 Å². The number of aliphatic carboxylic acids is 2. The molecule has 29 heavy (non-hydrogen) atoms. The van der Waals surface area contributed by atoms with Gasteiger partial charge in [0, 0.05) is 6.42 Å². The van der Waals surface area contributed by atoms with Crippen LogP contribution in [0.5, 0.6) is 0 Å². The molecule has 0 fully saturated rings. The van der Waals surface area contributed by atoms with E-state index >= 15 is 0 Å². The first-order valence-corrected chi connectivity index (χ1v) is 10.1. The summed E-state index contributed by atoms with van der Waals surface area (Å²) < 4.78 is 0. The van der Waals surface area contributed by atoms with E-state index in [0.717, 1.165) is 0 Å². The highest BCUT2D eigenvalue weighted by atomic mass is 32.2. The Morgan fingerprint density at radius 2 is 1.59 bits per heavy atom. The number of nitrogens with one attached hydrogen (secondary N) is 3. The lowest BCUT2D eigenvalue weighted by molar-refractivity contribution is -0.140. The molecule has 0 aromatic carbocycles. The van der Waals surface area contributed by atoms with Crippen LogP contribution in [0, 0.1) is 0 Å². The second-order valence-electron chi connectivity index (χ2n) is 6.22. The summed E-state index contributed by atoms with van der Waals surface area (Å²) in [6, 6.07) is -3.72. The summed E-state index contributed by atoms with van der Waals surface area (Å²) in [5.74, 6) is -4.45. The van der Waals surface area contributed by atoms with Crippen molar-refractivity contribution < 1.29 is 39.3 Å². The Kier molecular flexibility index (Phi) is 12.6. The molecule has 0 rings (SSSR count). The number of carbonyl (C=O) groups is 5. The molecule has 0 aliphatic carbocycles. The fourth-order valence-electron chi connectivity index (χ4n) is 2.13. The summed E-state index contributed by atoms with van der Waals surface area (Å²) >= 11 is 1.48. The molecule has 4 atom stereocenters. The maximum Gasteiger partial charge on any atom is 0.322 e. The quantitative estimate of drug-likeness (QED) is 0.152. The molecule has 4 unspecified atom stereocenters. The second-order valence-corrected chi connectivity index (χ2v) is 7.21. The van der Waals surface area contributed by atoms with E-state index in [1.807, 2.05) is 11.6 Å². The molecule has 12 nitrogen and oxygen atoms in total. The zero-order valence-electron chi connectivity index (χ0n) is 16.2. The van der Waals surface area contributed by atoms with Crippen LogP contribution in [0.1, 0.15) is 26.2 Å². The van der Waals surface area contributed by atoms with Gasteiger partial charge < -0.3 is 37.0 Å². The van der Waals surface area contributed by atoms with Gasteiger partial charge in [0.15, 0.2) is 0 Å². The van der Waals surface area contributed by atoms with Crippen LogP contribution >= 0.6 is 11.8 Å². The number of aliphatic hydroxyl groups is 1. The van der Waals surface area contributed by atoms with E-state index in [4.69, 9.17) is 15.9 Å². The Hall–Kier alpha value is -2.38. The molecular formula is C16H28N4O8S. The predicted molar refractivity (Wildman–Crippen MR) is 104 cm³/mol. The molecule has 8 N–H and O–H groups in total. The number of amides is 3. The molecule has 0 radical (unpaired) electrons. The molecule has 0 spiro atoms. The van der Waals surface area contributed by atoms with Gasteiger partial charge in [0.1, 0.15) is 18.6 Å². The third kappa shape index (κ3) is 11.3. The SMILES string of the molecule is CSCCC(N)C(=O)NC(C(=O)NC(CCC(=O)O)C(=O)NCC(=O)O)C(C)O. The number of hydrogen-bond donors (Lipinski definition) is 7. The largest absolute Gasteiger partial charge is 0.481 e. The van der Waals surface area contributed by atoms with Crippen LogP contribution in [0.2, 0.25) is 0 Å². The lowest BCUT2D eigenvalue weighted by atomic mass is 10.1. The lowest BCUT2D eigenvalue weighted by Gasteiger charge is -2.25. The third-order valence-electron chi connectivity index (χ3n) is 3.73. The lowest BCUT2D eigenvalue weighted by Crippen LogP contribution is -2.59. The van der Waals surface area contributed by atoms with Crippen LogP contribution in [0.4, 0.5) is 0 Å². The van der Waals surface area contributed by atoms with E-state index in [-0.39, 0.29) is 6.42 Å². The van der Waals surface area contributed by atoms with Crippen molar-refractivity contribution in [2.45, 2.75) is 50.4 Å². The smallest absolute Gasteiger partial charge is 0.322 e. The summed E-state index contributed by atoms with van der Waals surface area (Å²) in [4.78, 5) is 58.0. The van der Waals surface area contributed by atoms with Crippen molar-refractivity contribution in [3.05, 3.63) is 0 Å². The first kappa shape index (κ1) is 26.6. The van der Waals surface area contributed by atoms with Gasteiger partial charge >= 0.3 is 11.9 Å². The number of aliphatic hydroxyl groups excluding tert-OH is 1. The van der Waals surface area contributed by atoms with Crippen LogP contribution in [-0.4, -0.2) is 87.8 Å². The molecule has 0 aromatic rings. The van der Waals surface area contributed by atoms with Gasteiger partial charge in [0.25, 0.3) is 0 Å². The van der Waals surface area contributed by atoms with Crippen LogP contribution in [0.3, 0.4) is 0 Å². The van der Waals surface area contributed by atoms with E-state index in [1.165, 1.54) is 18.7 Å². The van der Waals surface area contributed by atoms with Crippen molar-refractivity contribution in [2.75, 3.05) is 18.6 Å². The van der Waals surface area contributed by atoms with Crippen molar-refractivity contribution >= 4 is 41.4 Å². The zero-order valence-corrected chi connectivity index (χ0v) is 17.0. The van der Waals surface area contributed by atoms with Crippen LogP contribution < -0.4 is 21.7 Å². The van der Waals surface area contributed by atoms with Crippen LogP contribution in [-0.2, 0) is 24.0 Å². The second kappa shape index (κ2) is 13.7. The molecule has 0 bridgehead atoms. The average molecular weight is 436 g/mol. The minimum Gasteiger partial charge on any atom is -0.481 e. The van der Waals surface area contributed by atoms with Gasteiger partial charge in [-0.25, -0.2) is 0 Å². The fourth-order valence-corrected chi connectivity index (χ4v) is 2.62. The zero-order chi connectivity index (χ0) is 22.6. The Bertz CT molecular complexity index is 601. The van der Waals surface area contributed by atoms with Gasteiger partial charge in [-0.05, 0) is 31.8 Å². The molecule has 0 heterocycles. The third-order valence-corrected chi connectivity index (χ3v) is 4.37. The fraction of sp³-hybridized carbons (Fsp3) is 0.688. The number of hydrogen-bond acceptors (Lipinski definition) is 8. The van der Waals surface area contributed by atoms with Gasteiger partial charge in [-0.1, -0.05) is 0 Å². The summed E-state index contributed by atoms with van der Waals surface area (Å²) in [6.45, 7) is 0.522. The van der Waals surface area contributed by atoms with Gasteiger partial charge in [-0.2, -0.15) is 11.8 Å². The highest BCUT2D eigenvalue weighted by molar-refractivity contribution is 7.98. The van der Waals surface area contributed by atoms with E-state index in [2.05, 4.69) is 10.6 Å². The number of thioether (sulfide) groups is 1. The Balaban J connectivity index is 5.15. The molecule has 0 aromatic heterocycles. The minimum atomic E-state index is -1.44. The van der Waals surface area contributed by atoms with E-state index in [0.29, 0.717) is 12.2 Å². The van der Waals surface area contributed by atoms with Crippen molar-refractivity contribution in [1.29, 1.82) is 0 Å². The highest BCUT2D eigenvalue weighted by Gasteiger charge is 2.31. The van der Waals surface area contributed by atoms with Gasteiger partial charge in [-0.15, -0.1) is 0 Å². The summed E-state index contributed by atoms with van der Waals surface area (Å²) in [5, 5.41) is 33.9. The van der Waals surface area contributed by atoms with Crippen LogP contribution in [0.25, 0.3) is 0 Å². The maximum absolute atomic E-state index is 12.5. The molecular weight excluding hydrogens is 408 g/mol. The van der Waals surface area contributed by atoms with E-state index in [9.17, 15) is 29.1 Å². The van der Waals surface area contributed by atoms with Crippen molar-refractivity contribution in [3.8, 4) is 0 Å². The first-order chi connectivity index (χ1) is 13.5. The predicted octanol–water partition coefficient (Wildman–Crippen LogP) is -2.52. The molecule has 0 aliphatic rings. The number of carbonyl (C=O) groups excluding carboxylic acids is 3. The number of carboxylic acid groups (broad SMARTS) is 2.